The second-order valence-electron chi connectivity index (χ2n) is 8.48. The SMILES string of the molecule is CCOC(=O)OC1=CC=C2C[C@H]3N4CC[C@@]25C1O[C@H]1C(=O)CC[C@]3(OC4)C15. The maximum Gasteiger partial charge on any atom is 0.513 e. The molecule has 6 fully saturated rings. The largest absolute Gasteiger partial charge is 0.513 e. The third kappa shape index (κ3) is 1.78. The number of rotatable bonds is 2. The van der Waals surface area contributed by atoms with Gasteiger partial charge in [0.1, 0.15) is 24.7 Å². The number of carbonyl (C=O) groups excluding carboxylic acids is 2. The molecule has 144 valence electrons. The second-order valence-corrected chi connectivity index (χ2v) is 8.48. The molecule has 27 heavy (non-hydrogen) atoms. The number of ether oxygens (including phenoxy) is 4. The minimum absolute atomic E-state index is 0.0109. The van der Waals surface area contributed by atoms with E-state index >= 15 is 0 Å². The Morgan fingerprint density at radius 3 is 3.11 bits per heavy atom. The lowest BCUT2D eigenvalue weighted by Gasteiger charge is -2.55. The summed E-state index contributed by atoms with van der Waals surface area (Å²) in [5.41, 5.74) is 0.663. The first-order valence-electron chi connectivity index (χ1n) is 9.92. The van der Waals surface area contributed by atoms with Crippen LogP contribution < -0.4 is 0 Å². The quantitative estimate of drug-likeness (QED) is 0.685. The third-order valence-corrected chi connectivity index (χ3v) is 7.71. The molecule has 4 bridgehead atoms. The predicted molar refractivity (Wildman–Crippen MR) is 91.5 cm³/mol. The van der Waals surface area contributed by atoms with Gasteiger partial charge < -0.3 is 18.9 Å². The molecule has 4 aliphatic heterocycles. The van der Waals surface area contributed by atoms with Crippen molar-refractivity contribution in [3.63, 3.8) is 0 Å². The zero-order valence-electron chi connectivity index (χ0n) is 15.3. The Kier molecular flexibility index (Phi) is 3.14. The second kappa shape index (κ2) is 5.21. The summed E-state index contributed by atoms with van der Waals surface area (Å²) in [7, 11) is 0. The van der Waals surface area contributed by atoms with Gasteiger partial charge in [0, 0.05) is 30.3 Å². The smallest absolute Gasteiger partial charge is 0.434 e. The monoisotopic (exact) mass is 373 g/mol. The minimum Gasteiger partial charge on any atom is -0.434 e. The number of nitrogens with zero attached hydrogens (tertiary/aromatic N) is 1. The van der Waals surface area contributed by atoms with Gasteiger partial charge in [-0.3, -0.25) is 9.69 Å². The molecule has 0 aromatic carbocycles. The highest BCUT2D eigenvalue weighted by Gasteiger charge is 2.77. The maximum atomic E-state index is 12.8. The molecule has 0 N–H and O–H groups in total. The fraction of sp³-hybridized carbons (Fsp3) is 0.700. The summed E-state index contributed by atoms with van der Waals surface area (Å²) < 4.78 is 23.3. The van der Waals surface area contributed by atoms with Crippen molar-refractivity contribution in [2.75, 3.05) is 19.9 Å². The zero-order chi connectivity index (χ0) is 18.4. The molecule has 7 nitrogen and oxygen atoms in total. The maximum absolute atomic E-state index is 12.8. The van der Waals surface area contributed by atoms with Crippen molar-refractivity contribution < 1.29 is 28.5 Å². The van der Waals surface area contributed by atoms with Gasteiger partial charge in [-0.15, -0.1) is 0 Å². The average molecular weight is 373 g/mol. The summed E-state index contributed by atoms with van der Waals surface area (Å²) in [6, 6.07) is 0.309. The third-order valence-electron chi connectivity index (χ3n) is 7.71. The number of ketones is 1. The molecule has 0 radical (unpaired) electrons. The van der Waals surface area contributed by atoms with Crippen molar-refractivity contribution in [3.05, 3.63) is 23.5 Å². The number of hydrogen-bond donors (Lipinski definition) is 0. The summed E-state index contributed by atoms with van der Waals surface area (Å²) >= 11 is 0. The lowest BCUT2D eigenvalue weighted by Crippen LogP contribution is -2.64. The van der Waals surface area contributed by atoms with E-state index in [4.69, 9.17) is 18.9 Å². The number of hydrogen-bond acceptors (Lipinski definition) is 7. The highest BCUT2D eigenvalue weighted by molar-refractivity contribution is 5.86. The molecule has 0 amide bonds. The molecule has 3 unspecified atom stereocenters. The average Bonchev–Trinajstić information content (AvgIpc) is 3.08. The topological polar surface area (TPSA) is 74.3 Å². The van der Waals surface area contributed by atoms with E-state index < -0.39 is 18.4 Å². The minimum atomic E-state index is -0.722. The van der Waals surface area contributed by atoms with E-state index in [1.54, 1.807) is 6.92 Å². The highest BCUT2D eigenvalue weighted by atomic mass is 16.7. The van der Waals surface area contributed by atoms with Crippen LogP contribution in [0.3, 0.4) is 0 Å². The van der Waals surface area contributed by atoms with Crippen LogP contribution in [0.2, 0.25) is 0 Å². The van der Waals surface area contributed by atoms with Crippen molar-refractivity contribution >= 4 is 11.9 Å². The van der Waals surface area contributed by atoms with Crippen molar-refractivity contribution in [1.29, 1.82) is 0 Å². The molecule has 7 rings (SSSR count). The van der Waals surface area contributed by atoms with Crippen molar-refractivity contribution in [1.82, 2.24) is 4.90 Å². The molecule has 7 aliphatic rings. The molecule has 2 saturated carbocycles. The number of carbonyl (C=O) groups is 2. The molecule has 0 aromatic rings. The van der Waals surface area contributed by atoms with Crippen LogP contribution in [0, 0.1) is 11.3 Å². The molecule has 7 atom stereocenters. The van der Waals surface area contributed by atoms with Crippen LogP contribution >= 0.6 is 0 Å². The predicted octanol–water partition coefficient (Wildman–Crippen LogP) is 1.92. The molecular weight excluding hydrogens is 350 g/mol. The van der Waals surface area contributed by atoms with Gasteiger partial charge in [-0.1, -0.05) is 11.6 Å². The van der Waals surface area contributed by atoms with E-state index in [1.165, 1.54) is 5.57 Å². The summed E-state index contributed by atoms with van der Waals surface area (Å²) in [6.45, 7) is 3.54. The van der Waals surface area contributed by atoms with Crippen LogP contribution in [0.5, 0.6) is 0 Å². The fourth-order valence-corrected chi connectivity index (χ4v) is 6.79. The van der Waals surface area contributed by atoms with E-state index in [0.29, 0.717) is 25.0 Å². The molecular formula is C20H23NO6. The number of allylic oxidation sites excluding steroid dienone is 2. The van der Waals surface area contributed by atoms with E-state index in [1.807, 2.05) is 6.08 Å². The molecule has 2 spiro atoms. The summed E-state index contributed by atoms with van der Waals surface area (Å²) in [5.74, 6) is 0.600. The molecule has 4 heterocycles. The molecule has 0 aromatic heterocycles. The van der Waals surface area contributed by atoms with E-state index in [-0.39, 0.29) is 29.3 Å². The Balaban J connectivity index is 1.49. The Hall–Kier alpha value is -1.70. The first kappa shape index (κ1) is 16.3. The van der Waals surface area contributed by atoms with Gasteiger partial charge in [0.15, 0.2) is 5.78 Å². The van der Waals surface area contributed by atoms with Gasteiger partial charge >= 0.3 is 6.16 Å². The molecule has 7 heteroatoms. The molecule has 4 saturated heterocycles. The van der Waals surface area contributed by atoms with E-state index in [0.717, 1.165) is 25.8 Å². The van der Waals surface area contributed by atoms with Crippen LogP contribution in [0.15, 0.2) is 23.5 Å². The van der Waals surface area contributed by atoms with Crippen LogP contribution in [0.1, 0.15) is 32.6 Å². The fourth-order valence-electron chi connectivity index (χ4n) is 6.79. The molecule has 3 aliphatic carbocycles. The van der Waals surface area contributed by atoms with Gasteiger partial charge in [0.05, 0.1) is 12.2 Å². The first-order chi connectivity index (χ1) is 13.1. The highest BCUT2D eigenvalue weighted by Crippen LogP contribution is 2.69. The Labute approximate surface area is 157 Å². The Bertz CT molecular complexity index is 804. The summed E-state index contributed by atoms with van der Waals surface area (Å²) in [6.07, 6.45) is 5.35. The number of Topliss-reactive ketones (excluding diaryl/α,β-unsaturated/α-hetero) is 1. The van der Waals surface area contributed by atoms with Crippen LogP contribution in [0.4, 0.5) is 4.79 Å². The van der Waals surface area contributed by atoms with Gasteiger partial charge in [0.2, 0.25) is 0 Å². The standard InChI is InChI=1S/C20H23NO6/c1-2-24-18(23)26-13-4-3-11-9-14-20-6-5-12(22)15-16(20)19(11,17(13)27-15)7-8-21(14)10-25-20/h3-4,14-17H,2,5-10H2,1H3/t14-,15+,16?,17?,19-,20-/m1/s1. The summed E-state index contributed by atoms with van der Waals surface area (Å²) in [5, 5.41) is 0. The van der Waals surface area contributed by atoms with Gasteiger partial charge in [-0.2, -0.15) is 0 Å². The Morgan fingerprint density at radius 1 is 1.37 bits per heavy atom. The van der Waals surface area contributed by atoms with Gasteiger partial charge in [-0.25, -0.2) is 4.79 Å². The van der Waals surface area contributed by atoms with Crippen LogP contribution in [-0.4, -0.2) is 60.6 Å². The Morgan fingerprint density at radius 2 is 2.26 bits per heavy atom. The van der Waals surface area contributed by atoms with E-state index in [2.05, 4.69) is 11.0 Å². The van der Waals surface area contributed by atoms with Crippen molar-refractivity contribution in [2.24, 2.45) is 11.3 Å². The first-order valence-corrected chi connectivity index (χ1v) is 9.92. The normalized spacial score (nSPS) is 48.5. The lowest BCUT2D eigenvalue weighted by atomic mass is 9.49. The van der Waals surface area contributed by atoms with Crippen LogP contribution in [-0.2, 0) is 23.7 Å². The van der Waals surface area contributed by atoms with Gasteiger partial charge in [-0.05, 0) is 32.3 Å². The van der Waals surface area contributed by atoms with Crippen LogP contribution in [0.25, 0.3) is 0 Å². The van der Waals surface area contributed by atoms with Crippen molar-refractivity contribution in [2.45, 2.75) is 56.5 Å². The van der Waals surface area contributed by atoms with Gasteiger partial charge in [0.25, 0.3) is 0 Å². The zero-order valence-corrected chi connectivity index (χ0v) is 15.3. The number of fused-ring (bicyclic) bond motifs is 1. The van der Waals surface area contributed by atoms with E-state index in [9.17, 15) is 9.59 Å². The lowest BCUT2D eigenvalue weighted by molar-refractivity contribution is -0.156. The summed E-state index contributed by atoms with van der Waals surface area (Å²) in [4.78, 5) is 27.2. The van der Waals surface area contributed by atoms with Crippen molar-refractivity contribution in [3.8, 4) is 0 Å².